The number of carbonyl (C=O) groups excluding carboxylic acids is 1. The molecule has 0 bridgehead atoms. The Morgan fingerprint density at radius 1 is 1.50 bits per heavy atom. The normalized spacial score (nSPS) is 23.9. The van der Waals surface area contributed by atoms with Gasteiger partial charge in [-0.15, -0.1) is 0 Å². The van der Waals surface area contributed by atoms with Crippen molar-refractivity contribution in [1.29, 1.82) is 0 Å². The van der Waals surface area contributed by atoms with Crippen molar-refractivity contribution in [1.82, 2.24) is 5.32 Å². The quantitative estimate of drug-likeness (QED) is 0.805. The van der Waals surface area contributed by atoms with Crippen LogP contribution in [0.25, 0.3) is 0 Å². The van der Waals surface area contributed by atoms with Gasteiger partial charge in [0, 0.05) is 29.1 Å². The Hall–Kier alpha value is 0.130. The largest absolute Gasteiger partial charge is 0.354 e. The third-order valence-electron chi connectivity index (χ3n) is 2.60. The van der Waals surface area contributed by atoms with Crippen LogP contribution in [0.5, 0.6) is 0 Å². The van der Waals surface area contributed by atoms with Crippen molar-refractivity contribution in [2.45, 2.75) is 32.1 Å². The van der Waals surface area contributed by atoms with Crippen LogP contribution in [0.1, 0.15) is 20.8 Å². The van der Waals surface area contributed by atoms with Crippen LogP contribution in [-0.4, -0.2) is 41.0 Å². The van der Waals surface area contributed by atoms with Crippen LogP contribution in [0, 0.1) is 5.41 Å². The summed E-state index contributed by atoms with van der Waals surface area (Å²) >= 11 is 3.91. The highest BCUT2D eigenvalue weighted by Crippen LogP contribution is 2.23. The summed E-state index contributed by atoms with van der Waals surface area (Å²) in [4.78, 5) is 11.8. The van der Waals surface area contributed by atoms with E-state index in [9.17, 15) is 4.79 Å². The van der Waals surface area contributed by atoms with Gasteiger partial charge in [-0.05, 0) is 5.41 Å². The Morgan fingerprint density at radius 3 is 2.69 bits per heavy atom. The molecule has 1 aliphatic rings. The minimum atomic E-state index is -0.422. The maximum absolute atomic E-state index is 11.8. The number of hydrogen-bond acceptors (Lipinski definition) is 4. The van der Waals surface area contributed by atoms with Gasteiger partial charge in [-0.1, -0.05) is 20.8 Å². The lowest BCUT2D eigenvalue weighted by molar-refractivity contribution is -0.124. The summed E-state index contributed by atoms with van der Waals surface area (Å²) < 4.78 is 0. The molecule has 1 saturated heterocycles. The predicted octanol–water partition coefficient (Wildman–Crippen LogP) is 1.32. The standard InChI is InChI=1S/C11H22N2OS2/c1-11(2,3)9(12)10(14)13-6-8-7-15-4-5-16-8/h8-9H,4-7,12H2,1-3H3,(H,13,14). The number of rotatable bonds is 3. The van der Waals surface area contributed by atoms with Crippen LogP contribution in [0.2, 0.25) is 0 Å². The minimum absolute atomic E-state index is 0.0244. The number of amides is 1. The van der Waals surface area contributed by atoms with E-state index in [1.807, 2.05) is 44.3 Å². The monoisotopic (exact) mass is 262 g/mol. The molecule has 3 N–H and O–H groups in total. The fraction of sp³-hybridized carbons (Fsp3) is 0.909. The average molecular weight is 262 g/mol. The molecule has 1 aliphatic heterocycles. The molecule has 0 spiro atoms. The van der Waals surface area contributed by atoms with Crippen molar-refractivity contribution in [2.24, 2.45) is 11.1 Å². The molecule has 0 radical (unpaired) electrons. The maximum Gasteiger partial charge on any atom is 0.237 e. The molecule has 0 saturated carbocycles. The molecule has 0 aliphatic carbocycles. The lowest BCUT2D eigenvalue weighted by atomic mass is 9.87. The molecular formula is C11H22N2OS2. The summed E-state index contributed by atoms with van der Waals surface area (Å²) in [7, 11) is 0. The van der Waals surface area contributed by atoms with Gasteiger partial charge in [0.05, 0.1) is 6.04 Å². The first-order chi connectivity index (χ1) is 7.41. The number of nitrogens with two attached hydrogens (primary N) is 1. The molecule has 1 fully saturated rings. The van der Waals surface area contributed by atoms with Crippen molar-refractivity contribution >= 4 is 29.4 Å². The summed E-state index contributed by atoms with van der Waals surface area (Å²) in [6.07, 6.45) is 0. The third kappa shape index (κ3) is 4.55. The van der Waals surface area contributed by atoms with Crippen molar-refractivity contribution in [3.63, 3.8) is 0 Å². The molecule has 2 atom stereocenters. The van der Waals surface area contributed by atoms with E-state index in [-0.39, 0.29) is 11.3 Å². The van der Waals surface area contributed by atoms with Gasteiger partial charge in [0.15, 0.2) is 0 Å². The van der Waals surface area contributed by atoms with E-state index in [0.717, 1.165) is 12.3 Å². The second-order valence-corrected chi connectivity index (χ2v) is 7.71. The van der Waals surface area contributed by atoms with Gasteiger partial charge in [0.25, 0.3) is 0 Å². The van der Waals surface area contributed by atoms with E-state index in [1.165, 1.54) is 11.5 Å². The SMILES string of the molecule is CC(C)(C)C(N)C(=O)NCC1CSCCS1. The van der Waals surface area contributed by atoms with Crippen LogP contribution in [0.15, 0.2) is 0 Å². The Balaban J connectivity index is 2.29. The van der Waals surface area contributed by atoms with Crippen molar-refractivity contribution in [2.75, 3.05) is 23.8 Å². The fourth-order valence-corrected chi connectivity index (χ4v) is 3.98. The molecule has 1 heterocycles. The van der Waals surface area contributed by atoms with E-state index >= 15 is 0 Å². The van der Waals surface area contributed by atoms with Gasteiger partial charge in [-0.3, -0.25) is 4.79 Å². The van der Waals surface area contributed by atoms with Gasteiger partial charge < -0.3 is 11.1 Å². The summed E-state index contributed by atoms with van der Waals surface area (Å²) in [5.74, 6) is 3.53. The molecule has 5 heteroatoms. The summed E-state index contributed by atoms with van der Waals surface area (Å²) in [5.41, 5.74) is 5.72. The Kier molecular flexibility index (Phi) is 5.47. The van der Waals surface area contributed by atoms with Crippen LogP contribution in [0.3, 0.4) is 0 Å². The topological polar surface area (TPSA) is 55.1 Å². The lowest BCUT2D eigenvalue weighted by Crippen LogP contribution is -2.50. The molecule has 94 valence electrons. The van der Waals surface area contributed by atoms with Crippen molar-refractivity contribution in [3.05, 3.63) is 0 Å². The second-order valence-electron chi connectivity index (χ2n) is 5.16. The number of carbonyl (C=O) groups is 1. The van der Waals surface area contributed by atoms with Crippen LogP contribution in [-0.2, 0) is 4.79 Å². The van der Waals surface area contributed by atoms with Crippen LogP contribution >= 0.6 is 23.5 Å². The number of hydrogen-bond donors (Lipinski definition) is 2. The van der Waals surface area contributed by atoms with E-state index < -0.39 is 6.04 Å². The van der Waals surface area contributed by atoms with Gasteiger partial charge in [-0.2, -0.15) is 23.5 Å². The molecule has 1 rings (SSSR count). The van der Waals surface area contributed by atoms with Crippen LogP contribution < -0.4 is 11.1 Å². The molecule has 0 aromatic heterocycles. The first-order valence-electron chi connectivity index (χ1n) is 5.64. The zero-order valence-electron chi connectivity index (χ0n) is 10.3. The van der Waals surface area contributed by atoms with Gasteiger partial charge >= 0.3 is 0 Å². The van der Waals surface area contributed by atoms with E-state index in [1.54, 1.807) is 0 Å². The molecule has 0 aromatic carbocycles. The van der Waals surface area contributed by atoms with Crippen molar-refractivity contribution in [3.8, 4) is 0 Å². The van der Waals surface area contributed by atoms with Gasteiger partial charge in [-0.25, -0.2) is 0 Å². The molecule has 16 heavy (non-hydrogen) atoms. The fourth-order valence-electron chi connectivity index (χ4n) is 1.37. The highest BCUT2D eigenvalue weighted by atomic mass is 32.2. The van der Waals surface area contributed by atoms with Crippen LogP contribution in [0.4, 0.5) is 0 Å². The third-order valence-corrected chi connectivity index (χ3v) is 5.45. The summed E-state index contributed by atoms with van der Waals surface area (Å²) in [5, 5.41) is 3.51. The molecule has 1 amide bonds. The van der Waals surface area contributed by atoms with E-state index in [4.69, 9.17) is 5.73 Å². The molecule has 0 aromatic rings. The molecule has 2 unspecified atom stereocenters. The first kappa shape index (κ1) is 14.2. The highest BCUT2D eigenvalue weighted by Gasteiger charge is 2.27. The highest BCUT2D eigenvalue weighted by molar-refractivity contribution is 8.06. The maximum atomic E-state index is 11.8. The van der Waals surface area contributed by atoms with Gasteiger partial charge in [0.1, 0.15) is 0 Å². The minimum Gasteiger partial charge on any atom is -0.354 e. The van der Waals surface area contributed by atoms with E-state index in [0.29, 0.717) is 5.25 Å². The van der Waals surface area contributed by atoms with E-state index in [2.05, 4.69) is 5.32 Å². The summed E-state index contributed by atoms with van der Waals surface area (Å²) in [6.45, 7) is 6.72. The predicted molar refractivity (Wildman–Crippen MR) is 74.0 cm³/mol. The lowest BCUT2D eigenvalue weighted by Gasteiger charge is -2.27. The number of thioether (sulfide) groups is 2. The first-order valence-corrected chi connectivity index (χ1v) is 7.84. The zero-order valence-corrected chi connectivity index (χ0v) is 11.9. The Bertz CT molecular complexity index is 235. The van der Waals surface area contributed by atoms with Gasteiger partial charge in [0.2, 0.25) is 5.91 Å². The van der Waals surface area contributed by atoms with Crippen molar-refractivity contribution < 1.29 is 4.79 Å². The second kappa shape index (κ2) is 6.17. The average Bonchev–Trinajstić information content (AvgIpc) is 2.25. The Morgan fingerprint density at radius 2 is 2.19 bits per heavy atom. The number of nitrogens with one attached hydrogen (secondary N) is 1. The molecular weight excluding hydrogens is 240 g/mol. The molecule has 3 nitrogen and oxygen atoms in total. The zero-order chi connectivity index (χ0) is 12.2. The Labute approximate surface area is 107 Å². The smallest absolute Gasteiger partial charge is 0.237 e. The summed E-state index contributed by atoms with van der Waals surface area (Å²) in [6, 6.07) is -0.422.